The van der Waals surface area contributed by atoms with Crippen LogP contribution in [0.3, 0.4) is 0 Å². The number of hydrogen-bond donors (Lipinski definition) is 0. The summed E-state index contributed by atoms with van der Waals surface area (Å²) in [6, 6.07) is 0. The van der Waals surface area contributed by atoms with Gasteiger partial charge in [-0.05, 0) is 6.42 Å². The van der Waals surface area contributed by atoms with Gasteiger partial charge in [0.25, 0.3) is 5.91 Å². The molecule has 0 N–H and O–H groups in total. The topological polar surface area (TPSA) is 42.4 Å². The van der Waals surface area contributed by atoms with Crippen LogP contribution in [0.1, 0.15) is 16.9 Å². The number of carbonyl (C=O) groups excluding carboxylic acids is 1. The van der Waals surface area contributed by atoms with E-state index in [-0.39, 0.29) is 10.7 Å². The standard InChI is InChI=1S/C11H14N2O2S2/c1-15-8-2-11(17-3-8)5-13(6-11)10(14)9-4-16-7-12-9/h4,7-8H,2-3,5-6H2,1H3/t8-/m1/s1. The molecular weight excluding hydrogens is 256 g/mol. The van der Waals surface area contributed by atoms with Crippen molar-refractivity contribution in [2.45, 2.75) is 17.3 Å². The zero-order valence-electron chi connectivity index (χ0n) is 9.59. The summed E-state index contributed by atoms with van der Waals surface area (Å²) in [5.74, 6) is 1.12. The Kier molecular flexibility index (Phi) is 2.88. The molecule has 92 valence electrons. The van der Waals surface area contributed by atoms with Gasteiger partial charge in [-0.15, -0.1) is 23.1 Å². The summed E-state index contributed by atoms with van der Waals surface area (Å²) in [7, 11) is 1.76. The third-order valence-corrected chi connectivity index (χ3v) is 5.57. The highest BCUT2D eigenvalue weighted by molar-refractivity contribution is 8.01. The fraction of sp³-hybridized carbons (Fsp3) is 0.636. The van der Waals surface area contributed by atoms with Gasteiger partial charge in [-0.1, -0.05) is 0 Å². The van der Waals surface area contributed by atoms with Gasteiger partial charge >= 0.3 is 0 Å². The van der Waals surface area contributed by atoms with Crippen molar-refractivity contribution >= 4 is 29.0 Å². The van der Waals surface area contributed by atoms with Crippen molar-refractivity contribution in [2.75, 3.05) is 26.0 Å². The van der Waals surface area contributed by atoms with Gasteiger partial charge in [-0.3, -0.25) is 4.79 Å². The van der Waals surface area contributed by atoms with Crippen LogP contribution in [0.15, 0.2) is 10.9 Å². The number of thiazole rings is 1. The van der Waals surface area contributed by atoms with Crippen LogP contribution in [0.4, 0.5) is 0 Å². The van der Waals surface area contributed by atoms with E-state index in [1.54, 1.807) is 12.6 Å². The monoisotopic (exact) mass is 270 g/mol. The number of methoxy groups -OCH3 is 1. The number of rotatable bonds is 2. The van der Waals surface area contributed by atoms with E-state index >= 15 is 0 Å². The largest absolute Gasteiger partial charge is 0.381 e. The first kappa shape index (κ1) is 11.5. The molecule has 0 unspecified atom stereocenters. The van der Waals surface area contributed by atoms with Crippen molar-refractivity contribution in [1.29, 1.82) is 0 Å². The summed E-state index contributed by atoms with van der Waals surface area (Å²) in [5.41, 5.74) is 2.28. The molecule has 1 spiro atoms. The van der Waals surface area contributed by atoms with E-state index in [1.807, 2.05) is 22.0 Å². The summed E-state index contributed by atoms with van der Waals surface area (Å²) in [6.45, 7) is 1.68. The third-order valence-electron chi connectivity index (χ3n) is 3.41. The van der Waals surface area contributed by atoms with Gasteiger partial charge in [0.2, 0.25) is 0 Å². The van der Waals surface area contributed by atoms with Gasteiger partial charge < -0.3 is 9.64 Å². The van der Waals surface area contributed by atoms with Crippen LogP contribution in [0.5, 0.6) is 0 Å². The smallest absolute Gasteiger partial charge is 0.273 e. The number of hydrogen-bond acceptors (Lipinski definition) is 5. The molecule has 2 fully saturated rings. The zero-order valence-corrected chi connectivity index (χ0v) is 11.2. The molecule has 2 saturated heterocycles. The van der Waals surface area contributed by atoms with Crippen LogP contribution >= 0.6 is 23.1 Å². The molecule has 3 rings (SSSR count). The molecule has 6 heteroatoms. The maximum absolute atomic E-state index is 12.0. The number of amides is 1. The molecule has 2 aliphatic rings. The van der Waals surface area contributed by atoms with Crippen molar-refractivity contribution in [2.24, 2.45) is 0 Å². The molecule has 0 aromatic carbocycles. The lowest BCUT2D eigenvalue weighted by atomic mass is 9.92. The fourth-order valence-corrected chi connectivity index (χ4v) is 4.56. The summed E-state index contributed by atoms with van der Waals surface area (Å²) < 4.78 is 5.63. The molecule has 0 saturated carbocycles. The van der Waals surface area contributed by atoms with Crippen molar-refractivity contribution in [3.8, 4) is 0 Å². The van der Waals surface area contributed by atoms with Crippen molar-refractivity contribution in [3.05, 3.63) is 16.6 Å². The minimum atomic E-state index is 0.0679. The van der Waals surface area contributed by atoms with E-state index < -0.39 is 0 Å². The van der Waals surface area contributed by atoms with Crippen LogP contribution in [0.2, 0.25) is 0 Å². The maximum atomic E-state index is 12.0. The van der Waals surface area contributed by atoms with E-state index in [2.05, 4.69) is 4.98 Å². The Balaban J connectivity index is 1.60. The molecule has 1 aromatic heterocycles. The van der Waals surface area contributed by atoms with Crippen LogP contribution in [0, 0.1) is 0 Å². The van der Waals surface area contributed by atoms with Crippen molar-refractivity contribution in [1.82, 2.24) is 9.88 Å². The normalized spacial score (nSPS) is 26.2. The molecular formula is C11H14N2O2S2. The Labute approximate surface area is 108 Å². The summed E-state index contributed by atoms with van der Waals surface area (Å²) in [6.07, 6.45) is 1.42. The van der Waals surface area contributed by atoms with Crippen LogP contribution in [-0.2, 0) is 4.74 Å². The first-order valence-electron chi connectivity index (χ1n) is 5.57. The Hall–Kier alpha value is -0.590. The van der Waals surface area contributed by atoms with Crippen molar-refractivity contribution < 1.29 is 9.53 Å². The number of carbonyl (C=O) groups is 1. The van der Waals surface area contributed by atoms with Crippen LogP contribution in [0.25, 0.3) is 0 Å². The van der Waals surface area contributed by atoms with Gasteiger partial charge in [-0.25, -0.2) is 4.98 Å². The summed E-state index contributed by atoms with van der Waals surface area (Å²) in [4.78, 5) is 18.0. The first-order chi connectivity index (χ1) is 8.22. The molecule has 17 heavy (non-hydrogen) atoms. The van der Waals surface area contributed by atoms with Gasteiger partial charge in [0.15, 0.2) is 0 Å². The van der Waals surface area contributed by atoms with E-state index in [4.69, 9.17) is 4.74 Å². The molecule has 0 bridgehead atoms. The fourth-order valence-electron chi connectivity index (χ4n) is 2.45. The molecule has 1 atom stereocenters. The lowest BCUT2D eigenvalue weighted by molar-refractivity contribution is 0.0447. The number of ether oxygens (including phenoxy) is 1. The second kappa shape index (κ2) is 4.26. The molecule has 3 heterocycles. The van der Waals surface area contributed by atoms with Crippen molar-refractivity contribution in [3.63, 3.8) is 0 Å². The summed E-state index contributed by atoms with van der Waals surface area (Å²) >= 11 is 3.41. The van der Waals surface area contributed by atoms with Gasteiger partial charge in [0.05, 0.1) is 16.4 Å². The van der Waals surface area contributed by atoms with E-state index in [1.165, 1.54) is 11.3 Å². The Morgan fingerprint density at radius 2 is 2.47 bits per heavy atom. The van der Waals surface area contributed by atoms with E-state index in [0.717, 1.165) is 25.3 Å². The zero-order chi connectivity index (χ0) is 11.9. The highest BCUT2D eigenvalue weighted by Crippen LogP contribution is 2.46. The maximum Gasteiger partial charge on any atom is 0.273 e. The number of nitrogens with zero attached hydrogens (tertiary/aromatic N) is 2. The molecule has 0 aliphatic carbocycles. The van der Waals surface area contributed by atoms with E-state index in [0.29, 0.717) is 11.8 Å². The predicted octanol–water partition coefficient (Wildman–Crippen LogP) is 1.49. The number of thioether (sulfide) groups is 1. The second-order valence-electron chi connectivity index (χ2n) is 4.59. The van der Waals surface area contributed by atoms with Gasteiger partial charge in [0, 0.05) is 31.3 Å². The highest BCUT2D eigenvalue weighted by atomic mass is 32.2. The van der Waals surface area contributed by atoms with Gasteiger partial charge in [-0.2, -0.15) is 0 Å². The molecule has 1 aromatic rings. The Morgan fingerprint density at radius 1 is 1.65 bits per heavy atom. The quantitative estimate of drug-likeness (QED) is 0.816. The first-order valence-corrected chi connectivity index (χ1v) is 7.49. The number of likely N-dealkylation sites (tertiary alicyclic amines) is 1. The number of aromatic nitrogens is 1. The Bertz CT molecular complexity index is 415. The minimum Gasteiger partial charge on any atom is -0.381 e. The summed E-state index contributed by atoms with van der Waals surface area (Å²) in [5, 5.41) is 1.81. The van der Waals surface area contributed by atoms with Gasteiger partial charge in [0.1, 0.15) is 5.69 Å². The average Bonchev–Trinajstić information content (AvgIpc) is 2.95. The minimum absolute atomic E-state index is 0.0679. The molecule has 1 amide bonds. The molecule has 2 aliphatic heterocycles. The molecule has 4 nitrogen and oxygen atoms in total. The van der Waals surface area contributed by atoms with Crippen LogP contribution < -0.4 is 0 Å². The molecule has 0 radical (unpaired) electrons. The van der Waals surface area contributed by atoms with E-state index in [9.17, 15) is 4.79 Å². The lowest BCUT2D eigenvalue weighted by Crippen LogP contribution is -2.60. The SMILES string of the molecule is CO[C@H]1CSC2(C1)CN(C(=O)c1cscn1)C2. The third kappa shape index (κ3) is 1.98. The average molecular weight is 270 g/mol. The second-order valence-corrected chi connectivity index (χ2v) is 6.80. The highest BCUT2D eigenvalue weighted by Gasteiger charge is 2.50. The van der Waals surface area contributed by atoms with Crippen LogP contribution in [-0.4, -0.2) is 52.6 Å². The Morgan fingerprint density at radius 3 is 3.06 bits per heavy atom. The predicted molar refractivity (Wildman–Crippen MR) is 68.6 cm³/mol. The lowest BCUT2D eigenvalue weighted by Gasteiger charge is -2.47.